The van der Waals surface area contributed by atoms with Gasteiger partial charge in [-0.3, -0.25) is 4.98 Å². The first kappa shape index (κ1) is 14.3. The molecule has 19 heavy (non-hydrogen) atoms. The number of rotatable bonds is 6. The number of nitrogens with two attached hydrogens (primary N) is 1. The second kappa shape index (κ2) is 6.85. The average molecular weight is 262 g/mol. The second-order valence-corrected chi connectivity index (χ2v) is 5.89. The molecular formula is C15H26N4. The molecule has 0 spiro atoms. The smallest absolute Gasteiger partial charge is 0.147 e. The molecule has 0 amide bonds. The highest BCUT2D eigenvalue weighted by atomic mass is 15.2. The van der Waals surface area contributed by atoms with Crippen molar-refractivity contribution in [1.29, 1.82) is 0 Å². The van der Waals surface area contributed by atoms with Gasteiger partial charge in [-0.15, -0.1) is 0 Å². The van der Waals surface area contributed by atoms with Gasteiger partial charge in [0.2, 0.25) is 0 Å². The molecule has 0 aromatic carbocycles. The standard InChI is InChI=1S/C15H26N4/c1-12(2)7-8-19(14-5-3-4-6-14)15-11-17-10-13(9-16)18-15/h10-12,14H,3-9,16H2,1-2H3. The maximum Gasteiger partial charge on any atom is 0.147 e. The molecule has 0 unspecified atom stereocenters. The second-order valence-electron chi connectivity index (χ2n) is 5.89. The number of hydrogen-bond donors (Lipinski definition) is 1. The van der Waals surface area contributed by atoms with Crippen LogP contribution in [0.15, 0.2) is 12.4 Å². The predicted octanol–water partition coefficient (Wildman–Crippen LogP) is 2.73. The Bertz CT molecular complexity index is 385. The summed E-state index contributed by atoms with van der Waals surface area (Å²) < 4.78 is 0. The van der Waals surface area contributed by atoms with Gasteiger partial charge in [0.1, 0.15) is 5.82 Å². The molecule has 1 aromatic heterocycles. The Labute approximate surface area is 116 Å². The summed E-state index contributed by atoms with van der Waals surface area (Å²) in [4.78, 5) is 11.4. The van der Waals surface area contributed by atoms with Crippen LogP contribution < -0.4 is 10.6 Å². The van der Waals surface area contributed by atoms with Crippen molar-refractivity contribution in [3.63, 3.8) is 0 Å². The van der Waals surface area contributed by atoms with Crippen molar-refractivity contribution in [2.45, 2.75) is 58.5 Å². The van der Waals surface area contributed by atoms with E-state index in [0.29, 0.717) is 12.6 Å². The molecule has 0 aliphatic heterocycles. The summed E-state index contributed by atoms with van der Waals surface area (Å²) in [6.07, 6.45) is 10.1. The van der Waals surface area contributed by atoms with Crippen LogP contribution in [0.1, 0.15) is 51.6 Å². The van der Waals surface area contributed by atoms with E-state index >= 15 is 0 Å². The molecule has 1 heterocycles. The number of nitrogens with zero attached hydrogens (tertiary/aromatic N) is 3. The zero-order valence-electron chi connectivity index (χ0n) is 12.2. The summed E-state index contributed by atoms with van der Waals surface area (Å²) in [7, 11) is 0. The normalized spacial score (nSPS) is 16.2. The third-order valence-electron chi connectivity index (χ3n) is 3.89. The summed E-state index contributed by atoms with van der Waals surface area (Å²) in [5.74, 6) is 1.73. The van der Waals surface area contributed by atoms with E-state index in [2.05, 4.69) is 28.7 Å². The molecule has 1 aliphatic rings. The van der Waals surface area contributed by atoms with Crippen molar-refractivity contribution >= 4 is 5.82 Å². The highest BCUT2D eigenvalue weighted by Crippen LogP contribution is 2.27. The van der Waals surface area contributed by atoms with Crippen LogP contribution >= 0.6 is 0 Å². The predicted molar refractivity (Wildman–Crippen MR) is 79.0 cm³/mol. The molecule has 0 atom stereocenters. The van der Waals surface area contributed by atoms with E-state index in [4.69, 9.17) is 5.73 Å². The molecule has 1 saturated carbocycles. The lowest BCUT2D eigenvalue weighted by molar-refractivity contribution is 0.524. The largest absolute Gasteiger partial charge is 0.352 e. The third kappa shape index (κ3) is 3.90. The first-order valence-electron chi connectivity index (χ1n) is 7.48. The van der Waals surface area contributed by atoms with Crippen molar-refractivity contribution in [2.75, 3.05) is 11.4 Å². The summed E-state index contributed by atoms with van der Waals surface area (Å²) in [6, 6.07) is 0.640. The Morgan fingerprint density at radius 3 is 2.68 bits per heavy atom. The number of aromatic nitrogens is 2. The van der Waals surface area contributed by atoms with Gasteiger partial charge in [0.15, 0.2) is 0 Å². The van der Waals surface area contributed by atoms with Gasteiger partial charge in [0, 0.05) is 25.3 Å². The van der Waals surface area contributed by atoms with Crippen LogP contribution in [0.2, 0.25) is 0 Å². The monoisotopic (exact) mass is 262 g/mol. The maximum absolute atomic E-state index is 5.67. The first-order valence-corrected chi connectivity index (χ1v) is 7.48. The zero-order chi connectivity index (χ0) is 13.7. The summed E-state index contributed by atoms with van der Waals surface area (Å²) in [6.45, 7) is 6.08. The molecule has 4 heteroatoms. The van der Waals surface area contributed by atoms with E-state index in [1.54, 1.807) is 6.20 Å². The molecule has 2 rings (SSSR count). The van der Waals surface area contributed by atoms with Crippen molar-refractivity contribution in [1.82, 2.24) is 9.97 Å². The molecule has 0 saturated heterocycles. The maximum atomic E-state index is 5.67. The van der Waals surface area contributed by atoms with Crippen LogP contribution in [0.25, 0.3) is 0 Å². The van der Waals surface area contributed by atoms with Crippen molar-refractivity contribution in [3.05, 3.63) is 18.1 Å². The summed E-state index contributed by atoms with van der Waals surface area (Å²) in [5, 5.41) is 0. The lowest BCUT2D eigenvalue weighted by atomic mass is 10.1. The van der Waals surface area contributed by atoms with Crippen LogP contribution in [0.4, 0.5) is 5.82 Å². The lowest BCUT2D eigenvalue weighted by Crippen LogP contribution is -2.35. The summed E-state index contributed by atoms with van der Waals surface area (Å²) in [5.41, 5.74) is 6.55. The highest BCUT2D eigenvalue weighted by Gasteiger charge is 2.24. The third-order valence-corrected chi connectivity index (χ3v) is 3.89. The molecule has 106 valence electrons. The zero-order valence-corrected chi connectivity index (χ0v) is 12.2. The summed E-state index contributed by atoms with van der Waals surface area (Å²) >= 11 is 0. The Kier molecular flexibility index (Phi) is 5.14. The molecule has 2 N–H and O–H groups in total. The van der Waals surface area contributed by atoms with Crippen LogP contribution in [0.5, 0.6) is 0 Å². The highest BCUT2D eigenvalue weighted by molar-refractivity contribution is 5.38. The average Bonchev–Trinajstić information content (AvgIpc) is 2.93. The first-order chi connectivity index (χ1) is 9.20. The fourth-order valence-corrected chi connectivity index (χ4v) is 2.73. The lowest BCUT2D eigenvalue weighted by Gasteiger charge is -2.30. The molecule has 0 bridgehead atoms. The van der Waals surface area contributed by atoms with Crippen LogP contribution in [0.3, 0.4) is 0 Å². The minimum atomic E-state index is 0.462. The van der Waals surface area contributed by atoms with Gasteiger partial charge >= 0.3 is 0 Å². The van der Waals surface area contributed by atoms with Gasteiger partial charge in [0.25, 0.3) is 0 Å². The minimum Gasteiger partial charge on any atom is -0.352 e. The van der Waals surface area contributed by atoms with Crippen LogP contribution in [-0.2, 0) is 6.54 Å². The van der Waals surface area contributed by atoms with Crippen molar-refractivity contribution < 1.29 is 0 Å². The van der Waals surface area contributed by atoms with Gasteiger partial charge in [-0.25, -0.2) is 4.98 Å². The quantitative estimate of drug-likeness (QED) is 0.856. The minimum absolute atomic E-state index is 0.462. The van der Waals surface area contributed by atoms with E-state index in [-0.39, 0.29) is 0 Å². The van der Waals surface area contributed by atoms with E-state index < -0.39 is 0 Å². The molecule has 1 aliphatic carbocycles. The van der Waals surface area contributed by atoms with E-state index in [9.17, 15) is 0 Å². The van der Waals surface area contributed by atoms with Gasteiger partial charge < -0.3 is 10.6 Å². The molecule has 1 fully saturated rings. The van der Waals surface area contributed by atoms with Crippen molar-refractivity contribution in [2.24, 2.45) is 11.7 Å². The van der Waals surface area contributed by atoms with Crippen molar-refractivity contribution in [3.8, 4) is 0 Å². The fourth-order valence-electron chi connectivity index (χ4n) is 2.73. The Balaban J connectivity index is 2.14. The number of anilines is 1. The van der Waals surface area contributed by atoms with E-state index in [1.165, 1.54) is 32.1 Å². The molecule has 1 aromatic rings. The molecule has 0 radical (unpaired) electrons. The fraction of sp³-hybridized carbons (Fsp3) is 0.733. The Hall–Kier alpha value is -1.16. The SMILES string of the molecule is CC(C)CCN(c1cncc(CN)n1)C1CCCC1. The van der Waals surface area contributed by atoms with Gasteiger partial charge in [-0.05, 0) is 25.2 Å². The van der Waals surface area contributed by atoms with Crippen LogP contribution in [-0.4, -0.2) is 22.6 Å². The van der Waals surface area contributed by atoms with E-state index in [0.717, 1.165) is 24.0 Å². The van der Waals surface area contributed by atoms with Gasteiger partial charge in [-0.1, -0.05) is 26.7 Å². The van der Waals surface area contributed by atoms with E-state index in [1.807, 2.05) is 6.20 Å². The van der Waals surface area contributed by atoms with Gasteiger partial charge in [0.05, 0.1) is 11.9 Å². The molecule has 4 nitrogen and oxygen atoms in total. The molecular weight excluding hydrogens is 236 g/mol. The Morgan fingerprint density at radius 2 is 2.05 bits per heavy atom. The topological polar surface area (TPSA) is 55.0 Å². The Morgan fingerprint density at radius 1 is 1.32 bits per heavy atom. The van der Waals surface area contributed by atoms with Crippen LogP contribution in [0, 0.1) is 5.92 Å². The van der Waals surface area contributed by atoms with Gasteiger partial charge in [-0.2, -0.15) is 0 Å². The number of hydrogen-bond acceptors (Lipinski definition) is 4.